The van der Waals surface area contributed by atoms with Gasteiger partial charge in [-0.05, 0) is 76.5 Å². The molecule has 58 heavy (non-hydrogen) atoms. The first-order valence-corrected chi connectivity index (χ1v) is 19.7. The monoisotopic (exact) mass is 738 g/mol. The quantitative estimate of drug-likeness (QED) is 0.165. The van der Waals surface area contributed by atoms with E-state index in [0.717, 1.165) is 83.5 Å². The Balaban J connectivity index is 1.07. The number of fused-ring (bicyclic) bond motifs is 8. The molecule has 9 aromatic carbocycles. The van der Waals surface area contributed by atoms with Crippen molar-refractivity contribution < 1.29 is 0 Å². The molecule has 4 nitrogen and oxygen atoms in total. The first kappa shape index (κ1) is 32.4. The normalized spacial score (nSPS) is 11.8. The van der Waals surface area contributed by atoms with Crippen molar-refractivity contribution in [1.82, 2.24) is 19.1 Å². The zero-order chi connectivity index (χ0) is 38.2. The molecule has 0 aliphatic rings. The Hall–Kier alpha value is -7.82. The standard InChI is InChI=1S/C54H34N4/c1-3-16-36(17-4-1)53-44-25-10-9-24-42(44)45-34-52-46(33-48(45)55-53)43-30-29-38(32-51(43)57(52)40-21-5-2-6-22-40)37-19-13-20-39(31-37)54-56-47-26-11-12-27-50(47)58(54)49-28-14-18-35-15-7-8-23-41(35)49/h1-34H. The van der Waals surface area contributed by atoms with Gasteiger partial charge in [0, 0.05) is 43.7 Å². The summed E-state index contributed by atoms with van der Waals surface area (Å²) in [6.07, 6.45) is 0. The minimum absolute atomic E-state index is 0.917. The van der Waals surface area contributed by atoms with Gasteiger partial charge in [0.1, 0.15) is 5.82 Å². The third-order valence-electron chi connectivity index (χ3n) is 11.7. The van der Waals surface area contributed by atoms with Gasteiger partial charge >= 0.3 is 0 Å². The van der Waals surface area contributed by atoms with Crippen molar-refractivity contribution in [2.75, 3.05) is 0 Å². The van der Waals surface area contributed by atoms with Gasteiger partial charge in [-0.2, -0.15) is 0 Å². The summed E-state index contributed by atoms with van der Waals surface area (Å²) in [6, 6.07) is 73.8. The fourth-order valence-electron chi connectivity index (χ4n) is 9.02. The van der Waals surface area contributed by atoms with Crippen molar-refractivity contribution in [2.24, 2.45) is 0 Å². The Labute approximate surface area is 334 Å². The largest absolute Gasteiger partial charge is 0.309 e. The third kappa shape index (κ3) is 5.02. The molecule has 0 saturated carbocycles. The topological polar surface area (TPSA) is 35.6 Å². The zero-order valence-corrected chi connectivity index (χ0v) is 31.4. The lowest BCUT2D eigenvalue weighted by atomic mass is 9.98. The molecule has 0 fully saturated rings. The first-order valence-electron chi connectivity index (χ1n) is 19.7. The summed E-state index contributed by atoms with van der Waals surface area (Å²) in [6.45, 7) is 0. The van der Waals surface area contributed by atoms with Crippen LogP contribution in [-0.4, -0.2) is 19.1 Å². The molecule has 4 heteroatoms. The second kappa shape index (κ2) is 12.9. The van der Waals surface area contributed by atoms with Gasteiger partial charge in [-0.15, -0.1) is 0 Å². The van der Waals surface area contributed by atoms with Crippen LogP contribution in [0.25, 0.3) is 110 Å². The van der Waals surface area contributed by atoms with Gasteiger partial charge in [-0.1, -0.05) is 152 Å². The number of hydrogen-bond acceptors (Lipinski definition) is 2. The zero-order valence-electron chi connectivity index (χ0n) is 31.4. The maximum Gasteiger partial charge on any atom is 0.145 e. The maximum absolute atomic E-state index is 5.36. The van der Waals surface area contributed by atoms with E-state index in [0.29, 0.717) is 0 Å². The lowest BCUT2D eigenvalue weighted by molar-refractivity contribution is 1.11. The number of benzene rings is 9. The van der Waals surface area contributed by atoms with E-state index in [1.54, 1.807) is 0 Å². The van der Waals surface area contributed by atoms with E-state index in [9.17, 15) is 0 Å². The van der Waals surface area contributed by atoms with Crippen LogP contribution in [0.4, 0.5) is 0 Å². The molecular formula is C54H34N4. The van der Waals surface area contributed by atoms with Crippen molar-refractivity contribution in [3.05, 3.63) is 206 Å². The first-order chi connectivity index (χ1) is 28.8. The molecule has 0 spiro atoms. The molecule has 0 bridgehead atoms. The number of imidazole rings is 1. The summed E-state index contributed by atoms with van der Waals surface area (Å²) < 4.78 is 4.73. The fourth-order valence-corrected chi connectivity index (χ4v) is 9.02. The van der Waals surface area contributed by atoms with Crippen LogP contribution < -0.4 is 0 Å². The molecule has 0 atom stereocenters. The predicted octanol–water partition coefficient (Wildman–Crippen LogP) is 14.0. The van der Waals surface area contributed by atoms with Crippen molar-refractivity contribution in [3.8, 4) is 45.1 Å². The minimum atomic E-state index is 0.917. The van der Waals surface area contributed by atoms with E-state index < -0.39 is 0 Å². The molecule has 3 aromatic heterocycles. The smallest absolute Gasteiger partial charge is 0.145 e. The summed E-state index contributed by atoms with van der Waals surface area (Å²) in [7, 11) is 0. The minimum Gasteiger partial charge on any atom is -0.309 e. The van der Waals surface area contributed by atoms with Gasteiger partial charge in [0.05, 0.1) is 39.0 Å². The highest BCUT2D eigenvalue weighted by Gasteiger charge is 2.20. The molecule has 12 rings (SSSR count). The molecule has 0 N–H and O–H groups in total. The number of para-hydroxylation sites is 3. The summed E-state index contributed by atoms with van der Waals surface area (Å²) in [5.74, 6) is 0.917. The average molecular weight is 739 g/mol. The number of pyridine rings is 1. The van der Waals surface area contributed by atoms with Crippen molar-refractivity contribution >= 4 is 65.3 Å². The van der Waals surface area contributed by atoms with E-state index in [2.05, 4.69) is 215 Å². The number of aromatic nitrogens is 4. The molecule has 0 aliphatic carbocycles. The second-order valence-corrected chi connectivity index (χ2v) is 15.0. The Kier molecular flexibility index (Phi) is 7.20. The van der Waals surface area contributed by atoms with Gasteiger partial charge in [-0.25, -0.2) is 9.97 Å². The van der Waals surface area contributed by atoms with Gasteiger partial charge < -0.3 is 4.57 Å². The summed E-state index contributed by atoms with van der Waals surface area (Å²) in [4.78, 5) is 10.6. The van der Waals surface area contributed by atoms with E-state index in [4.69, 9.17) is 9.97 Å². The SMILES string of the molecule is c1ccc(-c2nc3cc4c5ccc(-c6cccc(-c7nc8ccccc8n7-c7cccc8ccccc78)c6)cc5n(-c5ccccc5)c4cc3c3ccccc23)cc1. The van der Waals surface area contributed by atoms with Gasteiger partial charge in [0.2, 0.25) is 0 Å². The van der Waals surface area contributed by atoms with Crippen LogP contribution in [0.5, 0.6) is 0 Å². The lowest BCUT2D eigenvalue weighted by Crippen LogP contribution is -1.99. The molecular weight excluding hydrogens is 705 g/mol. The molecule has 3 heterocycles. The van der Waals surface area contributed by atoms with Crippen LogP contribution in [-0.2, 0) is 0 Å². The Morgan fingerprint density at radius 3 is 1.84 bits per heavy atom. The molecule has 0 unspecified atom stereocenters. The third-order valence-corrected chi connectivity index (χ3v) is 11.7. The second-order valence-electron chi connectivity index (χ2n) is 15.0. The predicted molar refractivity (Wildman–Crippen MR) is 242 cm³/mol. The highest BCUT2D eigenvalue weighted by molar-refractivity contribution is 6.19. The van der Waals surface area contributed by atoms with Crippen molar-refractivity contribution in [3.63, 3.8) is 0 Å². The Morgan fingerprint density at radius 1 is 0.310 bits per heavy atom. The van der Waals surface area contributed by atoms with Crippen LogP contribution in [0.2, 0.25) is 0 Å². The molecule has 0 amide bonds. The van der Waals surface area contributed by atoms with Crippen LogP contribution >= 0.6 is 0 Å². The fraction of sp³-hybridized carbons (Fsp3) is 0. The van der Waals surface area contributed by atoms with Crippen molar-refractivity contribution in [1.29, 1.82) is 0 Å². The van der Waals surface area contributed by atoms with E-state index in [-0.39, 0.29) is 0 Å². The van der Waals surface area contributed by atoms with E-state index >= 15 is 0 Å². The molecule has 0 saturated heterocycles. The van der Waals surface area contributed by atoms with E-state index in [1.807, 2.05) is 0 Å². The molecule has 270 valence electrons. The Bertz CT molecular complexity index is 3560. The average Bonchev–Trinajstić information content (AvgIpc) is 3.84. The molecule has 0 aliphatic heterocycles. The number of nitrogens with zero attached hydrogens (tertiary/aromatic N) is 4. The highest BCUT2D eigenvalue weighted by Crippen LogP contribution is 2.41. The summed E-state index contributed by atoms with van der Waals surface area (Å²) in [5, 5.41) is 8.26. The van der Waals surface area contributed by atoms with Crippen LogP contribution in [0.3, 0.4) is 0 Å². The molecule has 12 aromatic rings. The molecule has 0 radical (unpaired) electrons. The van der Waals surface area contributed by atoms with Gasteiger partial charge in [0.15, 0.2) is 0 Å². The summed E-state index contributed by atoms with van der Waals surface area (Å²) >= 11 is 0. The van der Waals surface area contributed by atoms with Gasteiger partial charge in [0.25, 0.3) is 0 Å². The highest BCUT2D eigenvalue weighted by atomic mass is 15.1. The lowest BCUT2D eigenvalue weighted by Gasteiger charge is -2.14. The van der Waals surface area contributed by atoms with Crippen LogP contribution in [0, 0.1) is 0 Å². The maximum atomic E-state index is 5.36. The number of hydrogen-bond donors (Lipinski definition) is 0. The van der Waals surface area contributed by atoms with Gasteiger partial charge in [-0.3, -0.25) is 4.57 Å². The van der Waals surface area contributed by atoms with E-state index in [1.165, 1.54) is 26.9 Å². The van der Waals surface area contributed by atoms with Crippen LogP contribution in [0.1, 0.15) is 0 Å². The number of rotatable bonds is 5. The Morgan fingerprint density at radius 2 is 0.966 bits per heavy atom. The van der Waals surface area contributed by atoms with Crippen molar-refractivity contribution in [2.45, 2.75) is 0 Å². The van der Waals surface area contributed by atoms with Crippen LogP contribution in [0.15, 0.2) is 206 Å². The summed E-state index contributed by atoms with van der Waals surface area (Å²) in [5.41, 5.74) is 13.0.